The van der Waals surface area contributed by atoms with Gasteiger partial charge in [0, 0.05) is 19.5 Å². The van der Waals surface area contributed by atoms with Gasteiger partial charge in [-0.1, -0.05) is 0 Å². The quantitative estimate of drug-likeness (QED) is 0.541. The van der Waals surface area contributed by atoms with Crippen LogP contribution in [0.15, 0.2) is 0 Å². The van der Waals surface area contributed by atoms with Gasteiger partial charge >= 0.3 is 81.3 Å². The molecule has 0 spiro atoms. The van der Waals surface area contributed by atoms with Gasteiger partial charge in [0.25, 0.3) is 0 Å². The van der Waals surface area contributed by atoms with Crippen molar-refractivity contribution < 1.29 is 29.4 Å². The van der Waals surface area contributed by atoms with Crippen LogP contribution in [0.3, 0.4) is 0 Å². The fraction of sp³-hybridized carbons (Fsp3) is 0. The Balaban J connectivity index is -0.0000000150. The van der Waals surface area contributed by atoms with Crippen molar-refractivity contribution in [1.29, 1.82) is 0 Å². The minimum atomic E-state index is -1.08. The summed E-state index contributed by atoms with van der Waals surface area (Å²) in [7, 11) is 0. The molecule has 0 aliphatic heterocycles. The van der Waals surface area contributed by atoms with Gasteiger partial charge in [0.15, 0.2) is 0 Å². The summed E-state index contributed by atoms with van der Waals surface area (Å²) in [6, 6.07) is 0. The zero-order valence-corrected chi connectivity index (χ0v) is 10.5. The van der Waals surface area contributed by atoms with Crippen LogP contribution in [0.5, 0.6) is 0 Å². The number of hydrogen-bond donors (Lipinski definition) is 1. The van der Waals surface area contributed by atoms with Crippen LogP contribution >= 0.6 is 0 Å². The Morgan fingerprint density at radius 3 is 1.57 bits per heavy atom. The van der Waals surface area contributed by atoms with Crippen molar-refractivity contribution in [2.24, 2.45) is 0 Å². The summed E-state index contributed by atoms with van der Waals surface area (Å²) in [4.78, 5) is 8.89. The predicted octanol–water partition coefficient (Wildman–Crippen LogP) is -1.66. The maximum absolute atomic E-state index is 8.89. The number of carbonyl (C=O) groups is 1. The Bertz CT molecular complexity index is 38.7. The van der Waals surface area contributed by atoms with Gasteiger partial charge in [-0.2, -0.15) is 0 Å². The molecule has 0 aromatic heterocycles. The summed E-state index contributed by atoms with van der Waals surface area (Å²) < 4.78 is 0. The zero-order valence-electron chi connectivity index (χ0n) is 3.48. The topological polar surface area (TPSA) is 37.3 Å². The fourth-order valence-corrected chi connectivity index (χ4v) is 0. The Morgan fingerprint density at radius 1 is 1.57 bits per heavy atom. The minimum Gasteiger partial charge on any atom is 0 e. The van der Waals surface area contributed by atoms with Gasteiger partial charge in [-0.25, -0.2) is 0 Å². The predicted molar refractivity (Wildman–Crippen MR) is 28.7 cm³/mol. The van der Waals surface area contributed by atoms with Crippen LogP contribution in [0.25, 0.3) is 0 Å². The maximum atomic E-state index is 8.89. The molecule has 0 aromatic rings. The van der Waals surface area contributed by atoms with Crippen molar-refractivity contribution >= 4 is 81.3 Å². The van der Waals surface area contributed by atoms with Crippen molar-refractivity contribution in [2.45, 2.75) is 0 Å². The van der Waals surface area contributed by atoms with Gasteiger partial charge in [0.2, 0.25) is 0 Å². The Kier molecular flexibility index (Phi) is 51.2. The number of carboxylic acid groups (broad SMARTS) is 1. The van der Waals surface area contributed by atoms with Gasteiger partial charge < -0.3 is 5.11 Å². The van der Waals surface area contributed by atoms with Crippen molar-refractivity contribution in [3.63, 3.8) is 0 Å². The van der Waals surface area contributed by atoms with E-state index in [9.17, 15) is 0 Å². The smallest absolute Gasteiger partial charge is 0 e. The molecular formula is C2H6KO2SnZn. The van der Waals surface area contributed by atoms with E-state index in [1.54, 1.807) is 0 Å². The molecular weight excluding hydrogens is 279 g/mol. The van der Waals surface area contributed by atoms with Crippen LogP contribution in [0.2, 0.25) is 0 Å². The second-order valence-electron chi connectivity index (χ2n) is 0.394. The molecule has 0 aliphatic carbocycles. The average molecular weight is 285 g/mol. The third kappa shape index (κ3) is 56.9. The second kappa shape index (κ2) is 15.8. The summed E-state index contributed by atoms with van der Waals surface area (Å²) in [6.07, 6.45) is 0. The first-order valence-electron chi connectivity index (χ1n) is 0.781. The minimum absolute atomic E-state index is 0. The van der Waals surface area contributed by atoms with Gasteiger partial charge in [-0.05, 0) is 0 Å². The Labute approximate surface area is 115 Å². The van der Waals surface area contributed by atoms with Crippen LogP contribution < -0.4 is 0 Å². The monoisotopic (exact) mass is 285 g/mol. The number of rotatable bonds is 0. The van der Waals surface area contributed by atoms with Crippen molar-refractivity contribution in [3.05, 3.63) is 6.92 Å². The fourth-order valence-electron chi connectivity index (χ4n) is 0. The van der Waals surface area contributed by atoms with E-state index in [0.29, 0.717) is 0 Å². The number of carboxylic acids is 1. The van der Waals surface area contributed by atoms with Crippen molar-refractivity contribution in [3.8, 4) is 0 Å². The van der Waals surface area contributed by atoms with Gasteiger partial charge in [0.05, 0.1) is 6.92 Å². The molecule has 7 heavy (non-hydrogen) atoms. The number of hydrogen-bond acceptors (Lipinski definition) is 1. The van der Waals surface area contributed by atoms with Gasteiger partial charge in [0.1, 0.15) is 0 Å². The molecule has 5 heteroatoms. The molecule has 2 nitrogen and oxygen atoms in total. The summed E-state index contributed by atoms with van der Waals surface area (Å²) in [5.41, 5.74) is 0. The zero-order chi connectivity index (χ0) is 3.58. The first kappa shape index (κ1) is 22.7. The molecule has 0 unspecified atom stereocenters. The van der Waals surface area contributed by atoms with Crippen molar-refractivity contribution in [1.82, 2.24) is 0 Å². The van der Waals surface area contributed by atoms with E-state index in [0.717, 1.165) is 0 Å². The summed E-state index contributed by atoms with van der Waals surface area (Å²) in [6.45, 7) is 2.56. The number of aliphatic carboxylic acids is 1. The van der Waals surface area contributed by atoms with E-state index < -0.39 is 5.97 Å². The van der Waals surface area contributed by atoms with E-state index in [1.807, 2.05) is 0 Å². The van der Waals surface area contributed by atoms with E-state index in [2.05, 4.69) is 6.92 Å². The largest absolute Gasteiger partial charge is 0 e. The first-order valence-corrected chi connectivity index (χ1v) is 0.781. The van der Waals surface area contributed by atoms with Crippen LogP contribution in [0, 0.1) is 6.92 Å². The first-order chi connectivity index (χ1) is 1.73. The normalized spacial score (nSPS) is 3.57. The molecule has 0 amide bonds. The summed E-state index contributed by atoms with van der Waals surface area (Å²) in [5.74, 6) is -1.08. The molecule has 0 atom stereocenters. The molecule has 0 saturated heterocycles. The third-order valence-corrected chi connectivity index (χ3v) is 0. The molecule has 0 aromatic carbocycles. The average Bonchev–Trinajstić information content (AvgIpc) is 0.811. The summed E-state index contributed by atoms with van der Waals surface area (Å²) >= 11 is 0. The van der Waals surface area contributed by atoms with E-state index >= 15 is 0 Å². The molecule has 0 rings (SSSR count). The molecule has 1 N–H and O–H groups in total. The Morgan fingerprint density at radius 2 is 1.57 bits per heavy atom. The third-order valence-electron chi connectivity index (χ3n) is 0. The van der Waals surface area contributed by atoms with E-state index in [-0.39, 0.29) is 94.8 Å². The van der Waals surface area contributed by atoms with Gasteiger partial charge in [-0.15, -0.1) is 0 Å². The second-order valence-corrected chi connectivity index (χ2v) is 0.394. The van der Waals surface area contributed by atoms with Gasteiger partial charge in [-0.3, -0.25) is 4.79 Å². The molecule has 0 fully saturated rings. The molecule has 0 bridgehead atoms. The van der Waals surface area contributed by atoms with Crippen LogP contribution in [0.1, 0.15) is 0 Å². The summed E-state index contributed by atoms with van der Waals surface area (Å²) in [5, 5.41) is 7.31. The van der Waals surface area contributed by atoms with Crippen LogP contribution in [-0.4, -0.2) is 86.4 Å². The molecule has 0 saturated carbocycles. The standard InChI is InChI=1S/C2H3O2.K.Sn.Zn.3H/c1-2(3)4;;;;;;/h1H2,(H,3,4);;;;;;. The van der Waals surface area contributed by atoms with Crippen molar-refractivity contribution in [2.75, 3.05) is 0 Å². The SMILES string of the molecule is [CH2]C(=O)O.[KH].[SnH2].[Zn]. The molecule has 0 aliphatic rings. The maximum Gasteiger partial charge on any atom is 0 e. The Hall–Kier alpha value is 2.53. The van der Waals surface area contributed by atoms with E-state index in [4.69, 9.17) is 9.90 Å². The molecule has 33 valence electrons. The van der Waals surface area contributed by atoms with Crippen LogP contribution in [-0.2, 0) is 24.3 Å². The molecule has 0 heterocycles. The molecule has 3 radical (unpaired) electrons. The van der Waals surface area contributed by atoms with E-state index in [1.165, 1.54) is 0 Å². The van der Waals surface area contributed by atoms with Crippen LogP contribution in [0.4, 0.5) is 0 Å².